The number of rotatable bonds is 7. The van der Waals surface area contributed by atoms with Gasteiger partial charge in [-0.3, -0.25) is 0 Å². The van der Waals surface area contributed by atoms with E-state index in [1.807, 2.05) is 0 Å². The SMILES string of the molecule is COCC(O)CCNC(C)c1ncc(Br)s1. The molecule has 2 unspecified atom stereocenters. The number of methoxy groups -OCH3 is 1. The zero-order chi connectivity index (χ0) is 12.0. The molecule has 0 amide bonds. The van der Waals surface area contributed by atoms with Crippen LogP contribution in [0.4, 0.5) is 0 Å². The second-order valence-electron chi connectivity index (χ2n) is 3.58. The zero-order valence-electron chi connectivity index (χ0n) is 9.44. The minimum absolute atomic E-state index is 0.214. The van der Waals surface area contributed by atoms with Crippen molar-refractivity contribution in [3.05, 3.63) is 15.0 Å². The van der Waals surface area contributed by atoms with Gasteiger partial charge in [-0.25, -0.2) is 4.98 Å². The van der Waals surface area contributed by atoms with Gasteiger partial charge in [-0.1, -0.05) is 0 Å². The van der Waals surface area contributed by atoms with Crippen molar-refractivity contribution in [2.75, 3.05) is 20.3 Å². The van der Waals surface area contributed by atoms with Crippen LogP contribution < -0.4 is 5.32 Å². The van der Waals surface area contributed by atoms with Crippen LogP contribution in [-0.2, 0) is 4.74 Å². The summed E-state index contributed by atoms with van der Waals surface area (Å²) < 4.78 is 5.89. The molecule has 1 rings (SSSR count). The molecule has 0 saturated heterocycles. The summed E-state index contributed by atoms with van der Waals surface area (Å²) in [6.07, 6.45) is 2.09. The van der Waals surface area contributed by atoms with Gasteiger partial charge in [-0.05, 0) is 35.8 Å². The monoisotopic (exact) mass is 308 g/mol. The lowest BCUT2D eigenvalue weighted by atomic mass is 10.2. The van der Waals surface area contributed by atoms with Gasteiger partial charge in [0.25, 0.3) is 0 Å². The van der Waals surface area contributed by atoms with Gasteiger partial charge in [0.05, 0.1) is 28.7 Å². The number of hydrogen-bond acceptors (Lipinski definition) is 5. The van der Waals surface area contributed by atoms with Crippen LogP contribution in [0.3, 0.4) is 0 Å². The number of nitrogens with one attached hydrogen (secondary N) is 1. The van der Waals surface area contributed by atoms with Crippen molar-refractivity contribution in [3.8, 4) is 0 Å². The van der Waals surface area contributed by atoms with E-state index in [4.69, 9.17) is 4.74 Å². The molecule has 0 radical (unpaired) electrons. The fourth-order valence-electron chi connectivity index (χ4n) is 1.30. The van der Waals surface area contributed by atoms with Gasteiger partial charge in [0, 0.05) is 7.11 Å². The van der Waals surface area contributed by atoms with Gasteiger partial charge >= 0.3 is 0 Å². The van der Waals surface area contributed by atoms with Crippen LogP contribution in [0.15, 0.2) is 9.98 Å². The Kier molecular flexibility index (Phi) is 6.45. The van der Waals surface area contributed by atoms with Crippen molar-refractivity contribution < 1.29 is 9.84 Å². The van der Waals surface area contributed by atoms with E-state index in [2.05, 4.69) is 33.2 Å². The van der Waals surface area contributed by atoms with E-state index in [9.17, 15) is 5.11 Å². The first-order valence-corrected chi connectivity index (χ1v) is 6.76. The molecule has 2 N–H and O–H groups in total. The molecule has 0 aliphatic rings. The normalized spacial score (nSPS) is 15.0. The molecule has 0 aliphatic heterocycles. The van der Waals surface area contributed by atoms with Crippen LogP contribution in [-0.4, -0.2) is 36.5 Å². The maximum atomic E-state index is 9.45. The third-order valence-electron chi connectivity index (χ3n) is 2.15. The van der Waals surface area contributed by atoms with E-state index >= 15 is 0 Å². The molecule has 1 aromatic rings. The number of hydrogen-bond donors (Lipinski definition) is 2. The van der Waals surface area contributed by atoms with Crippen LogP contribution in [0.5, 0.6) is 0 Å². The Morgan fingerprint density at radius 3 is 3.00 bits per heavy atom. The molecule has 0 spiro atoms. The van der Waals surface area contributed by atoms with Gasteiger partial charge in [-0.2, -0.15) is 0 Å². The maximum Gasteiger partial charge on any atom is 0.110 e. The first kappa shape index (κ1) is 14.1. The first-order chi connectivity index (χ1) is 7.63. The molecular formula is C10H17BrN2O2S. The van der Waals surface area contributed by atoms with Crippen molar-refractivity contribution in [3.63, 3.8) is 0 Å². The fraction of sp³-hybridized carbons (Fsp3) is 0.700. The van der Waals surface area contributed by atoms with Crippen molar-refractivity contribution in [2.24, 2.45) is 0 Å². The highest BCUT2D eigenvalue weighted by Gasteiger charge is 2.10. The molecule has 0 bridgehead atoms. The molecule has 0 aromatic carbocycles. The lowest BCUT2D eigenvalue weighted by Gasteiger charge is -2.13. The van der Waals surface area contributed by atoms with Crippen molar-refractivity contribution in [1.29, 1.82) is 0 Å². The Morgan fingerprint density at radius 1 is 1.69 bits per heavy atom. The average molecular weight is 309 g/mol. The molecule has 4 nitrogen and oxygen atoms in total. The summed E-state index contributed by atoms with van der Waals surface area (Å²) >= 11 is 5.00. The molecule has 16 heavy (non-hydrogen) atoms. The Bertz CT molecular complexity index is 309. The Morgan fingerprint density at radius 2 is 2.44 bits per heavy atom. The van der Waals surface area contributed by atoms with E-state index in [0.29, 0.717) is 13.0 Å². The van der Waals surface area contributed by atoms with Crippen LogP contribution >= 0.6 is 27.3 Å². The second kappa shape index (κ2) is 7.34. The quantitative estimate of drug-likeness (QED) is 0.808. The zero-order valence-corrected chi connectivity index (χ0v) is 11.8. The van der Waals surface area contributed by atoms with Gasteiger partial charge in [-0.15, -0.1) is 11.3 Å². The molecule has 6 heteroatoms. The third kappa shape index (κ3) is 4.88. The van der Waals surface area contributed by atoms with Gasteiger partial charge < -0.3 is 15.2 Å². The van der Waals surface area contributed by atoms with Gasteiger partial charge in [0.15, 0.2) is 0 Å². The number of ether oxygens (including phenoxy) is 1. The van der Waals surface area contributed by atoms with Crippen LogP contribution in [0.1, 0.15) is 24.4 Å². The van der Waals surface area contributed by atoms with Gasteiger partial charge in [0.2, 0.25) is 0 Å². The molecule has 1 aromatic heterocycles. The highest BCUT2D eigenvalue weighted by atomic mass is 79.9. The summed E-state index contributed by atoms with van der Waals surface area (Å²) in [6.45, 7) is 3.20. The van der Waals surface area contributed by atoms with Crippen LogP contribution in [0, 0.1) is 0 Å². The summed E-state index contributed by atoms with van der Waals surface area (Å²) in [5, 5.41) is 13.8. The lowest BCUT2D eigenvalue weighted by Crippen LogP contribution is -2.25. The third-order valence-corrected chi connectivity index (χ3v) is 3.81. The predicted molar refractivity (Wildman–Crippen MR) is 68.7 cm³/mol. The van der Waals surface area contributed by atoms with Crippen molar-refractivity contribution in [2.45, 2.75) is 25.5 Å². The van der Waals surface area contributed by atoms with Crippen LogP contribution in [0.25, 0.3) is 0 Å². The van der Waals surface area contributed by atoms with E-state index in [-0.39, 0.29) is 6.04 Å². The Hall–Kier alpha value is -0.0100. The van der Waals surface area contributed by atoms with Crippen molar-refractivity contribution >= 4 is 27.3 Å². The van der Waals surface area contributed by atoms with Crippen LogP contribution in [0.2, 0.25) is 0 Å². The van der Waals surface area contributed by atoms with Crippen molar-refractivity contribution in [1.82, 2.24) is 10.3 Å². The van der Waals surface area contributed by atoms with Gasteiger partial charge in [0.1, 0.15) is 5.01 Å². The molecule has 92 valence electrons. The van der Waals surface area contributed by atoms with E-state index < -0.39 is 6.10 Å². The summed E-state index contributed by atoms with van der Waals surface area (Å²) in [7, 11) is 1.59. The number of nitrogens with zero attached hydrogens (tertiary/aromatic N) is 1. The minimum atomic E-state index is -0.396. The standard InChI is InChI=1S/C10H17BrN2O2S/c1-7(10-13-5-9(11)16-10)12-4-3-8(14)6-15-2/h5,7-8,12,14H,3-4,6H2,1-2H3. The topological polar surface area (TPSA) is 54.4 Å². The molecular weight excluding hydrogens is 292 g/mol. The molecule has 2 atom stereocenters. The first-order valence-electron chi connectivity index (χ1n) is 5.15. The largest absolute Gasteiger partial charge is 0.391 e. The smallest absolute Gasteiger partial charge is 0.110 e. The Labute approximate surface area is 108 Å². The highest BCUT2D eigenvalue weighted by Crippen LogP contribution is 2.23. The number of aliphatic hydroxyl groups is 1. The highest BCUT2D eigenvalue weighted by molar-refractivity contribution is 9.11. The molecule has 0 saturated carbocycles. The molecule has 0 fully saturated rings. The molecule has 0 aliphatic carbocycles. The number of halogens is 1. The summed E-state index contributed by atoms with van der Waals surface area (Å²) in [4.78, 5) is 4.27. The Balaban J connectivity index is 2.22. The summed E-state index contributed by atoms with van der Waals surface area (Å²) in [6, 6.07) is 0.214. The number of aromatic nitrogens is 1. The van der Waals surface area contributed by atoms with E-state index in [0.717, 1.165) is 15.3 Å². The second-order valence-corrected chi connectivity index (χ2v) is 6.02. The predicted octanol–water partition coefficient (Wildman–Crippen LogP) is 1.95. The lowest BCUT2D eigenvalue weighted by molar-refractivity contribution is 0.0590. The van der Waals surface area contributed by atoms with E-state index in [1.54, 1.807) is 24.6 Å². The average Bonchev–Trinajstić information content (AvgIpc) is 2.65. The molecule has 1 heterocycles. The number of thiazole rings is 1. The number of aliphatic hydroxyl groups excluding tert-OH is 1. The summed E-state index contributed by atoms with van der Waals surface area (Å²) in [5.41, 5.74) is 0. The minimum Gasteiger partial charge on any atom is -0.391 e. The fourth-order valence-corrected chi connectivity index (χ4v) is 2.57. The van der Waals surface area contributed by atoms with E-state index in [1.165, 1.54) is 0 Å². The summed E-state index contributed by atoms with van der Waals surface area (Å²) in [5.74, 6) is 0. The maximum absolute atomic E-state index is 9.45.